The SMILES string of the molecule is CC1(C)CCCC1CNC1CCCCCC1. The zero-order chi connectivity index (χ0) is 11.4. The third-order valence-electron chi connectivity index (χ3n) is 4.99. The quantitative estimate of drug-likeness (QED) is 0.710. The first-order valence-corrected chi connectivity index (χ1v) is 7.42. The van der Waals surface area contributed by atoms with Gasteiger partial charge in [-0.3, -0.25) is 0 Å². The van der Waals surface area contributed by atoms with Crippen molar-refractivity contribution >= 4 is 0 Å². The van der Waals surface area contributed by atoms with E-state index in [4.69, 9.17) is 0 Å². The fourth-order valence-electron chi connectivity index (χ4n) is 3.57. The van der Waals surface area contributed by atoms with Gasteiger partial charge in [-0.1, -0.05) is 46.0 Å². The van der Waals surface area contributed by atoms with Gasteiger partial charge in [0.15, 0.2) is 0 Å². The second-order valence-electron chi connectivity index (χ2n) is 6.67. The summed E-state index contributed by atoms with van der Waals surface area (Å²) in [6, 6.07) is 0.832. The van der Waals surface area contributed by atoms with E-state index in [0.29, 0.717) is 5.41 Å². The van der Waals surface area contributed by atoms with Crippen molar-refractivity contribution in [1.82, 2.24) is 5.32 Å². The Kier molecular flexibility index (Phi) is 4.29. The van der Waals surface area contributed by atoms with Gasteiger partial charge in [0.1, 0.15) is 0 Å². The molecule has 0 amide bonds. The molecular formula is C15H29N. The third-order valence-corrected chi connectivity index (χ3v) is 4.99. The van der Waals surface area contributed by atoms with Crippen molar-refractivity contribution in [2.45, 2.75) is 77.7 Å². The van der Waals surface area contributed by atoms with E-state index in [0.717, 1.165) is 12.0 Å². The van der Waals surface area contributed by atoms with Gasteiger partial charge in [0.05, 0.1) is 0 Å². The topological polar surface area (TPSA) is 12.0 Å². The van der Waals surface area contributed by atoms with Crippen LogP contribution in [0.2, 0.25) is 0 Å². The first kappa shape index (κ1) is 12.4. The maximum Gasteiger partial charge on any atom is 0.00671 e. The lowest BCUT2D eigenvalue weighted by molar-refractivity contribution is 0.241. The summed E-state index contributed by atoms with van der Waals surface area (Å²) in [4.78, 5) is 0. The molecule has 1 unspecified atom stereocenters. The third kappa shape index (κ3) is 3.23. The van der Waals surface area contributed by atoms with Crippen molar-refractivity contribution in [2.75, 3.05) is 6.54 Å². The van der Waals surface area contributed by atoms with Gasteiger partial charge in [-0.2, -0.15) is 0 Å². The summed E-state index contributed by atoms with van der Waals surface area (Å²) in [5.74, 6) is 0.927. The second kappa shape index (κ2) is 5.53. The Morgan fingerprint density at radius 2 is 1.62 bits per heavy atom. The minimum atomic E-state index is 0.595. The van der Waals surface area contributed by atoms with Crippen molar-refractivity contribution in [3.8, 4) is 0 Å². The van der Waals surface area contributed by atoms with Crippen molar-refractivity contribution in [3.63, 3.8) is 0 Å². The van der Waals surface area contributed by atoms with Crippen LogP contribution in [0.5, 0.6) is 0 Å². The molecule has 2 aliphatic carbocycles. The van der Waals surface area contributed by atoms with Crippen molar-refractivity contribution < 1.29 is 0 Å². The zero-order valence-electron chi connectivity index (χ0n) is 11.2. The molecule has 94 valence electrons. The van der Waals surface area contributed by atoms with E-state index >= 15 is 0 Å². The first-order valence-electron chi connectivity index (χ1n) is 7.42. The molecule has 0 radical (unpaired) electrons. The number of rotatable bonds is 3. The highest BCUT2D eigenvalue weighted by Crippen LogP contribution is 2.42. The number of nitrogens with one attached hydrogen (secondary N) is 1. The van der Waals surface area contributed by atoms with Crippen LogP contribution in [0.25, 0.3) is 0 Å². The first-order chi connectivity index (χ1) is 7.68. The summed E-state index contributed by atoms with van der Waals surface area (Å²) in [5, 5.41) is 3.86. The highest BCUT2D eigenvalue weighted by atomic mass is 14.9. The predicted molar refractivity (Wildman–Crippen MR) is 70.6 cm³/mol. The molecule has 1 atom stereocenters. The Balaban J connectivity index is 1.73. The predicted octanol–water partition coefficient (Wildman–Crippen LogP) is 4.13. The Labute approximate surface area is 101 Å². The lowest BCUT2D eigenvalue weighted by Gasteiger charge is -2.29. The van der Waals surface area contributed by atoms with E-state index in [9.17, 15) is 0 Å². The molecular weight excluding hydrogens is 194 g/mol. The summed E-state index contributed by atoms with van der Waals surface area (Å²) >= 11 is 0. The lowest BCUT2D eigenvalue weighted by Crippen LogP contribution is -2.36. The molecule has 1 heteroatoms. The van der Waals surface area contributed by atoms with E-state index in [-0.39, 0.29) is 0 Å². The molecule has 1 nitrogen and oxygen atoms in total. The van der Waals surface area contributed by atoms with Crippen LogP contribution in [0, 0.1) is 11.3 Å². The highest BCUT2D eigenvalue weighted by molar-refractivity contribution is 4.87. The molecule has 0 aromatic heterocycles. The van der Waals surface area contributed by atoms with Gasteiger partial charge >= 0.3 is 0 Å². The minimum absolute atomic E-state index is 0.595. The lowest BCUT2D eigenvalue weighted by atomic mass is 9.82. The van der Waals surface area contributed by atoms with E-state index in [1.54, 1.807) is 0 Å². The Morgan fingerprint density at radius 1 is 0.938 bits per heavy atom. The van der Waals surface area contributed by atoms with Crippen LogP contribution in [0.15, 0.2) is 0 Å². The molecule has 0 bridgehead atoms. The van der Waals surface area contributed by atoms with Gasteiger partial charge in [0, 0.05) is 6.04 Å². The van der Waals surface area contributed by atoms with E-state index in [1.807, 2.05) is 0 Å². The van der Waals surface area contributed by atoms with Gasteiger partial charge in [-0.25, -0.2) is 0 Å². The maximum atomic E-state index is 3.86. The molecule has 2 aliphatic rings. The minimum Gasteiger partial charge on any atom is -0.314 e. The molecule has 1 N–H and O–H groups in total. The molecule has 2 saturated carbocycles. The van der Waals surface area contributed by atoms with Crippen molar-refractivity contribution in [3.05, 3.63) is 0 Å². The Bertz CT molecular complexity index is 201. The monoisotopic (exact) mass is 223 g/mol. The summed E-state index contributed by atoms with van der Waals surface area (Å²) in [6.07, 6.45) is 13.0. The normalized spacial score (nSPS) is 31.5. The van der Waals surface area contributed by atoms with Crippen LogP contribution in [-0.4, -0.2) is 12.6 Å². The molecule has 0 aromatic rings. The zero-order valence-corrected chi connectivity index (χ0v) is 11.2. The molecule has 2 fully saturated rings. The molecule has 0 aliphatic heterocycles. The van der Waals surface area contributed by atoms with Gasteiger partial charge in [0.25, 0.3) is 0 Å². The Morgan fingerprint density at radius 3 is 2.19 bits per heavy atom. The van der Waals surface area contributed by atoms with Gasteiger partial charge in [-0.05, 0) is 43.6 Å². The molecule has 0 heterocycles. The molecule has 16 heavy (non-hydrogen) atoms. The molecule has 0 aromatic carbocycles. The fraction of sp³-hybridized carbons (Fsp3) is 1.00. The van der Waals surface area contributed by atoms with Crippen LogP contribution in [0.4, 0.5) is 0 Å². The average Bonchev–Trinajstić information content (AvgIpc) is 2.48. The number of hydrogen-bond donors (Lipinski definition) is 1. The molecule has 0 spiro atoms. The van der Waals surface area contributed by atoms with Crippen molar-refractivity contribution in [2.24, 2.45) is 11.3 Å². The number of hydrogen-bond acceptors (Lipinski definition) is 1. The summed E-state index contributed by atoms with van der Waals surface area (Å²) in [5.41, 5.74) is 0.595. The van der Waals surface area contributed by atoms with Crippen LogP contribution >= 0.6 is 0 Å². The Hall–Kier alpha value is -0.0400. The molecule has 0 saturated heterocycles. The van der Waals surface area contributed by atoms with E-state index in [1.165, 1.54) is 64.3 Å². The van der Waals surface area contributed by atoms with E-state index in [2.05, 4.69) is 19.2 Å². The van der Waals surface area contributed by atoms with Gasteiger partial charge in [0.2, 0.25) is 0 Å². The highest BCUT2D eigenvalue weighted by Gasteiger charge is 2.34. The van der Waals surface area contributed by atoms with Crippen molar-refractivity contribution in [1.29, 1.82) is 0 Å². The fourth-order valence-corrected chi connectivity index (χ4v) is 3.57. The van der Waals surface area contributed by atoms with Crippen LogP contribution in [0.1, 0.15) is 71.6 Å². The summed E-state index contributed by atoms with van der Waals surface area (Å²) in [6.45, 7) is 6.19. The standard InChI is InChI=1S/C15H29N/c1-15(2)11-7-8-13(15)12-16-14-9-5-3-4-6-10-14/h13-14,16H,3-12H2,1-2H3. The van der Waals surface area contributed by atoms with E-state index < -0.39 is 0 Å². The van der Waals surface area contributed by atoms with Gasteiger partial charge in [-0.15, -0.1) is 0 Å². The summed E-state index contributed by atoms with van der Waals surface area (Å²) in [7, 11) is 0. The molecule has 2 rings (SSSR count). The average molecular weight is 223 g/mol. The summed E-state index contributed by atoms with van der Waals surface area (Å²) < 4.78 is 0. The van der Waals surface area contributed by atoms with Gasteiger partial charge < -0.3 is 5.32 Å². The van der Waals surface area contributed by atoms with Crippen LogP contribution in [-0.2, 0) is 0 Å². The smallest absolute Gasteiger partial charge is 0.00671 e. The second-order valence-corrected chi connectivity index (χ2v) is 6.67. The van der Waals surface area contributed by atoms with Crippen LogP contribution in [0.3, 0.4) is 0 Å². The maximum absolute atomic E-state index is 3.86. The largest absolute Gasteiger partial charge is 0.314 e. The van der Waals surface area contributed by atoms with Crippen LogP contribution < -0.4 is 5.32 Å².